The summed E-state index contributed by atoms with van der Waals surface area (Å²) in [5, 5.41) is 8.25. The maximum atomic E-state index is 6.07. The van der Waals surface area contributed by atoms with E-state index in [9.17, 15) is 0 Å². The van der Waals surface area contributed by atoms with Crippen LogP contribution >= 0.6 is 11.6 Å². The fourth-order valence-corrected chi connectivity index (χ4v) is 1.80. The highest BCUT2D eigenvalue weighted by molar-refractivity contribution is 6.31. The molecule has 2 rings (SSSR count). The SMILES string of the molecule is COc1ccc(-c2nnc(C)nc2Cl)c(OC)c1. The van der Waals surface area contributed by atoms with E-state index in [0.29, 0.717) is 28.2 Å². The van der Waals surface area contributed by atoms with Crippen molar-refractivity contribution in [1.82, 2.24) is 15.2 Å². The lowest BCUT2D eigenvalue weighted by atomic mass is 10.1. The Morgan fingerprint density at radius 3 is 2.50 bits per heavy atom. The minimum atomic E-state index is 0.297. The zero-order valence-corrected chi connectivity index (χ0v) is 11.0. The third-order valence-corrected chi connectivity index (χ3v) is 2.68. The second-order valence-corrected chi connectivity index (χ2v) is 3.92. The standard InChI is InChI=1S/C12H12ClN3O2/c1-7-14-12(13)11(16-15-7)9-5-4-8(17-2)6-10(9)18-3/h4-6H,1-3H3. The minimum Gasteiger partial charge on any atom is -0.497 e. The van der Waals surface area contributed by atoms with E-state index in [4.69, 9.17) is 21.1 Å². The topological polar surface area (TPSA) is 57.1 Å². The van der Waals surface area contributed by atoms with Gasteiger partial charge in [-0.15, -0.1) is 10.2 Å². The number of methoxy groups -OCH3 is 2. The molecule has 5 nitrogen and oxygen atoms in total. The van der Waals surface area contributed by atoms with Gasteiger partial charge in [-0.25, -0.2) is 4.98 Å². The lowest BCUT2D eigenvalue weighted by Gasteiger charge is -2.10. The Morgan fingerprint density at radius 1 is 1.11 bits per heavy atom. The first-order chi connectivity index (χ1) is 8.65. The molecule has 0 amide bonds. The highest BCUT2D eigenvalue weighted by Gasteiger charge is 2.14. The van der Waals surface area contributed by atoms with Crippen LogP contribution in [-0.2, 0) is 0 Å². The predicted molar refractivity (Wildman–Crippen MR) is 68.1 cm³/mol. The molecule has 0 radical (unpaired) electrons. The summed E-state index contributed by atoms with van der Waals surface area (Å²) in [6.45, 7) is 1.73. The summed E-state index contributed by atoms with van der Waals surface area (Å²) in [6, 6.07) is 5.37. The lowest BCUT2D eigenvalue weighted by Crippen LogP contribution is -1.98. The van der Waals surface area contributed by atoms with Gasteiger partial charge < -0.3 is 9.47 Å². The minimum absolute atomic E-state index is 0.297. The molecule has 0 unspecified atom stereocenters. The second kappa shape index (κ2) is 5.18. The van der Waals surface area contributed by atoms with Gasteiger partial charge in [0.15, 0.2) is 5.15 Å². The van der Waals surface area contributed by atoms with Gasteiger partial charge in [-0.3, -0.25) is 0 Å². The summed E-state index contributed by atoms with van der Waals surface area (Å²) in [5.74, 6) is 1.83. The Labute approximate surface area is 110 Å². The van der Waals surface area contributed by atoms with Crippen LogP contribution in [0.25, 0.3) is 11.3 Å². The number of ether oxygens (including phenoxy) is 2. The van der Waals surface area contributed by atoms with Crippen molar-refractivity contribution in [3.05, 3.63) is 29.2 Å². The van der Waals surface area contributed by atoms with Gasteiger partial charge in [0.25, 0.3) is 0 Å². The summed E-state index contributed by atoms with van der Waals surface area (Å²) in [4.78, 5) is 4.07. The zero-order valence-electron chi connectivity index (χ0n) is 10.3. The number of hydrogen-bond acceptors (Lipinski definition) is 5. The molecule has 0 aliphatic rings. The van der Waals surface area contributed by atoms with Crippen molar-refractivity contribution >= 4 is 11.6 Å². The molecule has 0 saturated carbocycles. The summed E-state index contributed by atoms with van der Waals surface area (Å²) < 4.78 is 10.4. The Hall–Kier alpha value is -1.88. The predicted octanol–water partition coefficient (Wildman–Crippen LogP) is 2.52. The van der Waals surface area contributed by atoms with Crippen molar-refractivity contribution in [2.45, 2.75) is 6.92 Å². The van der Waals surface area contributed by atoms with Crippen LogP contribution in [0.3, 0.4) is 0 Å². The van der Waals surface area contributed by atoms with Crippen LogP contribution in [-0.4, -0.2) is 29.4 Å². The van der Waals surface area contributed by atoms with Gasteiger partial charge in [-0.05, 0) is 19.1 Å². The maximum Gasteiger partial charge on any atom is 0.159 e. The van der Waals surface area contributed by atoms with Crippen LogP contribution in [0, 0.1) is 6.92 Å². The van der Waals surface area contributed by atoms with Gasteiger partial charge in [0.2, 0.25) is 0 Å². The first kappa shape index (κ1) is 12.6. The normalized spacial score (nSPS) is 10.2. The van der Waals surface area contributed by atoms with Crippen molar-refractivity contribution < 1.29 is 9.47 Å². The molecule has 0 spiro atoms. The molecule has 0 fully saturated rings. The van der Waals surface area contributed by atoms with Gasteiger partial charge in [0, 0.05) is 11.6 Å². The monoisotopic (exact) mass is 265 g/mol. The van der Waals surface area contributed by atoms with Crippen LogP contribution in [0.4, 0.5) is 0 Å². The zero-order chi connectivity index (χ0) is 13.1. The van der Waals surface area contributed by atoms with E-state index in [1.807, 2.05) is 6.07 Å². The highest BCUT2D eigenvalue weighted by Crippen LogP contribution is 2.34. The fraction of sp³-hybridized carbons (Fsp3) is 0.250. The van der Waals surface area contributed by atoms with Gasteiger partial charge in [0.05, 0.1) is 14.2 Å². The van der Waals surface area contributed by atoms with Gasteiger partial charge in [0.1, 0.15) is 23.0 Å². The molecular weight excluding hydrogens is 254 g/mol. The largest absolute Gasteiger partial charge is 0.497 e. The van der Waals surface area contributed by atoms with Gasteiger partial charge in [-0.1, -0.05) is 11.6 Å². The van der Waals surface area contributed by atoms with Crippen molar-refractivity contribution in [1.29, 1.82) is 0 Å². The number of benzene rings is 1. The summed E-state index contributed by atoms with van der Waals surface area (Å²) in [7, 11) is 3.16. The molecule has 0 aliphatic heterocycles. The Morgan fingerprint density at radius 2 is 1.89 bits per heavy atom. The Bertz CT molecular complexity index is 575. The van der Waals surface area contributed by atoms with E-state index in [1.54, 1.807) is 33.3 Å². The van der Waals surface area contributed by atoms with E-state index in [0.717, 1.165) is 5.56 Å². The Kier molecular flexibility index (Phi) is 3.62. The quantitative estimate of drug-likeness (QED) is 0.853. The molecule has 1 aromatic heterocycles. The van der Waals surface area contributed by atoms with Crippen molar-refractivity contribution in [3.63, 3.8) is 0 Å². The smallest absolute Gasteiger partial charge is 0.159 e. The van der Waals surface area contributed by atoms with Crippen LogP contribution < -0.4 is 9.47 Å². The van der Waals surface area contributed by atoms with Crippen molar-refractivity contribution in [2.24, 2.45) is 0 Å². The average molecular weight is 266 g/mol. The number of rotatable bonds is 3. The van der Waals surface area contributed by atoms with Crippen molar-refractivity contribution in [2.75, 3.05) is 14.2 Å². The van der Waals surface area contributed by atoms with Crippen LogP contribution in [0.5, 0.6) is 11.5 Å². The van der Waals surface area contributed by atoms with Crippen LogP contribution in [0.15, 0.2) is 18.2 Å². The molecule has 2 aromatic rings. The van der Waals surface area contributed by atoms with E-state index >= 15 is 0 Å². The molecule has 0 N–H and O–H groups in total. The summed E-state index contributed by atoms with van der Waals surface area (Å²) >= 11 is 6.07. The summed E-state index contributed by atoms with van der Waals surface area (Å²) in [6.07, 6.45) is 0. The van der Waals surface area contributed by atoms with E-state index in [1.165, 1.54) is 0 Å². The Balaban J connectivity index is 2.56. The molecule has 0 atom stereocenters. The second-order valence-electron chi connectivity index (χ2n) is 3.56. The molecular formula is C12H12ClN3O2. The third kappa shape index (κ3) is 2.36. The molecule has 1 heterocycles. The molecule has 0 bridgehead atoms. The van der Waals surface area contributed by atoms with Crippen molar-refractivity contribution in [3.8, 4) is 22.8 Å². The van der Waals surface area contributed by atoms with Gasteiger partial charge in [-0.2, -0.15) is 0 Å². The number of nitrogens with zero attached hydrogens (tertiary/aromatic N) is 3. The van der Waals surface area contributed by atoms with Crippen LogP contribution in [0.2, 0.25) is 5.15 Å². The number of halogens is 1. The number of aryl methyl sites for hydroxylation is 1. The maximum absolute atomic E-state index is 6.07. The first-order valence-electron chi connectivity index (χ1n) is 5.25. The molecule has 1 aromatic carbocycles. The van der Waals surface area contributed by atoms with E-state index in [2.05, 4.69) is 15.2 Å². The molecule has 0 aliphatic carbocycles. The molecule has 18 heavy (non-hydrogen) atoms. The third-order valence-electron chi connectivity index (χ3n) is 2.41. The van der Waals surface area contributed by atoms with Crippen LogP contribution in [0.1, 0.15) is 5.82 Å². The average Bonchev–Trinajstić information content (AvgIpc) is 2.38. The number of hydrogen-bond donors (Lipinski definition) is 0. The first-order valence-corrected chi connectivity index (χ1v) is 5.62. The molecule has 94 valence electrons. The van der Waals surface area contributed by atoms with Gasteiger partial charge >= 0.3 is 0 Å². The fourth-order valence-electron chi connectivity index (χ4n) is 1.54. The summed E-state index contributed by atoms with van der Waals surface area (Å²) in [5.41, 5.74) is 1.21. The lowest BCUT2D eigenvalue weighted by molar-refractivity contribution is 0.395. The van der Waals surface area contributed by atoms with E-state index < -0.39 is 0 Å². The van der Waals surface area contributed by atoms with E-state index in [-0.39, 0.29) is 0 Å². The molecule has 6 heteroatoms. The highest BCUT2D eigenvalue weighted by atomic mass is 35.5. The number of aromatic nitrogens is 3. The molecule has 0 saturated heterocycles.